The molecule has 0 saturated carbocycles. The average Bonchev–Trinajstić information content (AvgIpc) is 3.40. The second kappa shape index (κ2) is 9.10. The van der Waals surface area contributed by atoms with E-state index in [9.17, 15) is 9.18 Å². The van der Waals surface area contributed by atoms with Gasteiger partial charge in [0.15, 0.2) is 5.16 Å². The fraction of sp³-hybridized carbons (Fsp3) is 0.0952. The van der Waals surface area contributed by atoms with Crippen LogP contribution in [0.5, 0.6) is 5.75 Å². The number of hydrogen-bond donors (Lipinski definition) is 1. The Labute approximate surface area is 180 Å². The number of imidazole rings is 1. The lowest BCUT2D eigenvalue weighted by atomic mass is 10.2. The maximum Gasteiger partial charge on any atom is 0.255 e. The van der Waals surface area contributed by atoms with Crippen LogP contribution in [0.2, 0.25) is 0 Å². The number of thiazole rings is 1. The van der Waals surface area contributed by atoms with Gasteiger partial charge in [-0.15, -0.1) is 11.3 Å². The smallest absolute Gasteiger partial charge is 0.255 e. The summed E-state index contributed by atoms with van der Waals surface area (Å²) in [7, 11) is 1.87. The van der Waals surface area contributed by atoms with Gasteiger partial charge in [-0.2, -0.15) is 0 Å². The Kier molecular flexibility index (Phi) is 6.10. The Morgan fingerprint density at radius 2 is 2.17 bits per heavy atom. The van der Waals surface area contributed by atoms with Gasteiger partial charge in [0.25, 0.3) is 5.91 Å². The number of amides is 1. The van der Waals surface area contributed by atoms with E-state index in [-0.39, 0.29) is 5.91 Å². The minimum atomic E-state index is -0.435. The topological polar surface area (TPSA) is 69.0 Å². The Hall–Kier alpha value is -3.17. The van der Waals surface area contributed by atoms with Crippen LogP contribution < -0.4 is 10.1 Å². The number of halogens is 1. The van der Waals surface area contributed by atoms with Crippen LogP contribution in [-0.2, 0) is 13.7 Å². The third-order valence-corrected chi connectivity index (χ3v) is 5.92. The first kappa shape index (κ1) is 20.1. The molecule has 152 valence electrons. The van der Waals surface area contributed by atoms with Gasteiger partial charge in [0.1, 0.15) is 18.2 Å². The molecule has 2 heterocycles. The lowest BCUT2D eigenvalue weighted by Gasteiger charge is -2.12. The second-order valence-electron chi connectivity index (χ2n) is 6.31. The van der Waals surface area contributed by atoms with Gasteiger partial charge >= 0.3 is 0 Å². The number of hydrogen-bond acceptors (Lipinski definition) is 6. The van der Waals surface area contributed by atoms with Gasteiger partial charge in [0.2, 0.25) is 0 Å². The van der Waals surface area contributed by atoms with E-state index < -0.39 is 5.82 Å². The summed E-state index contributed by atoms with van der Waals surface area (Å²) < 4.78 is 21.4. The summed E-state index contributed by atoms with van der Waals surface area (Å²) in [5.41, 5.74) is 3.35. The maximum absolute atomic E-state index is 13.9. The largest absolute Gasteiger partial charge is 0.487 e. The molecule has 4 rings (SSSR count). The molecule has 0 radical (unpaired) electrons. The number of anilines is 1. The number of aryl methyl sites for hydroxylation is 1. The lowest BCUT2D eigenvalue weighted by Crippen LogP contribution is -2.13. The first-order valence-corrected chi connectivity index (χ1v) is 10.7. The Morgan fingerprint density at radius 3 is 2.93 bits per heavy atom. The zero-order chi connectivity index (χ0) is 20.9. The Balaban J connectivity index is 1.50. The molecule has 0 aliphatic rings. The Morgan fingerprint density at radius 1 is 1.27 bits per heavy atom. The highest BCUT2D eigenvalue weighted by atomic mass is 32.2. The molecule has 1 N–H and O–H groups in total. The molecule has 30 heavy (non-hydrogen) atoms. The fourth-order valence-corrected chi connectivity index (χ4v) is 4.04. The van der Waals surface area contributed by atoms with E-state index in [1.54, 1.807) is 42.0 Å². The second-order valence-corrected chi connectivity index (χ2v) is 8.04. The highest BCUT2D eigenvalue weighted by molar-refractivity contribution is 7.99. The number of carbonyl (C=O) groups excluding carboxylic acids is 1. The molecule has 0 aliphatic heterocycles. The molecule has 0 atom stereocenters. The third kappa shape index (κ3) is 4.87. The van der Waals surface area contributed by atoms with Gasteiger partial charge in [-0.25, -0.2) is 14.4 Å². The minimum absolute atomic E-state index is 0.322. The summed E-state index contributed by atoms with van der Waals surface area (Å²) in [6, 6.07) is 11.1. The fourth-order valence-electron chi connectivity index (χ4n) is 2.63. The molecule has 2 aromatic carbocycles. The molecular formula is C21H17FN4O2S2. The van der Waals surface area contributed by atoms with Crippen LogP contribution in [0.25, 0.3) is 0 Å². The lowest BCUT2D eigenvalue weighted by molar-refractivity contribution is 0.102. The van der Waals surface area contributed by atoms with Crippen molar-refractivity contribution in [1.29, 1.82) is 0 Å². The van der Waals surface area contributed by atoms with Crippen LogP contribution in [0.1, 0.15) is 16.1 Å². The highest BCUT2D eigenvalue weighted by Gasteiger charge is 2.14. The zero-order valence-electron chi connectivity index (χ0n) is 15.9. The van der Waals surface area contributed by atoms with Crippen LogP contribution in [0.15, 0.2) is 75.8 Å². The van der Waals surface area contributed by atoms with Crippen molar-refractivity contribution in [3.05, 3.63) is 82.8 Å². The van der Waals surface area contributed by atoms with Crippen molar-refractivity contribution in [2.24, 2.45) is 7.05 Å². The van der Waals surface area contributed by atoms with Gasteiger partial charge < -0.3 is 14.6 Å². The summed E-state index contributed by atoms with van der Waals surface area (Å²) in [5, 5.41) is 5.43. The van der Waals surface area contributed by atoms with E-state index in [2.05, 4.69) is 15.3 Å². The third-order valence-electron chi connectivity index (χ3n) is 4.13. The van der Waals surface area contributed by atoms with E-state index in [0.29, 0.717) is 28.5 Å². The van der Waals surface area contributed by atoms with Crippen molar-refractivity contribution in [3.63, 3.8) is 0 Å². The maximum atomic E-state index is 13.9. The van der Waals surface area contributed by atoms with Crippen LogP contribution in [0.4, 0.5) is 10.1 Å². The Bertz CT molecular complexity index is 1160. The molecule has 4 aromatic rings. The van der Waals surface area contributed by atoms with Gasteiger partial charge in [-0.1, -0.05) is 6.07 Å². The molecule has 0 bridgehead atoms. The predicted octanol–water partition coefficient (Wildman–Crippen LogP) is 5.00. The van der Waals surface area contributed by atoms with Crippen LogP contribution >= 0.6 is 23.1 Å². The van der Waals surface area contributed by atoms with E-state index in [4.69, 9.17) is 4.74 Å². The number of carbonyl (C=O) groups is 1. The minimum Gasteiger partial charge on any atom is -0.487 e. The van der Waals surface area contributed by atoms with E-state index in [1.807, 2.05) is 23.2 Å². The summed E-state index contributed by atoms with van der Waals surface area (Å²) in [5.74, 6) is -0.242. The first-order valence-electron chi connectivity index (χ1n) is 8.94. The normalized spacial score (nSPS) is 10.7. The molecule has 0 saturated heterocycles. The average molecular weight is 441 g/mol. The monoisotopic (exact) mass is 440 g/mol. The molecule has 0 aliphatic carbocycles. The number of aromatic nitrogens is 3. The number of benzene rings is 2. The molecule has 6 nitrogen and oxygen atoms in total. The van der Waals surface area contributed by atoms with Gasteiger partial charge in [-0.3, -0.25) is 4.79 Å². The zero-order valence-corrected chi connectivity index (χ0v) is 17.5. The van der Waals surface area contributed by atoms with E-state index in [1.165, 1.54) is 35.2 Å². The summed E-state index contributed by atoms with van der Waals surface area (Å²) in [4.78, 5) is 21.9. The van der Waals surface area contributed by atoms with Gasteiger partial charge in [-0.05, 0) is 48.2 Å². The molecule has 2 aromatic heterocycles. The summed E-state index contributed by atoms with van der Waals surface area (Å²) in [6.07, 6.45) is 3.50. The number of rotatable bonds is 7. The van der Waals surface area contributed by atoms with Crippen LogP contribution in [0, 0.1) is 5.82 Å². The van der Waals surface area contributed by atoms with Crippen molar-refractivity contribution in [1.82, 2.24) is 14.5 Å². The van der Waals surface area contributed by atoms with Crippen molar-refractivity contribution in [2.75, 3.05) is 5.32 Å². The van der Waals surface area contributed by atoms with Gasteiger partial charge in [0.05, 0.1) is 16.9 Å². The van der Waals surface area contributed by atoms with Crippen molar-refractivity contribution >= 4 is 34.7 Å². The van der Waals surface area contributed by atoms with Crippen molar-refractivity contribution in [2.45, 2.75) is 16.7 Å². The summed E-state index contributed by atoms with van der Waals surface area (Å²) in [6.45, 7) is 0.322. The molecule has 0 spiro atoms. The first-order chi connectivity index (χ1) is 14.6. The standard InChI is InChI=1S/C21H17FN4O2S2/c1-26-8-7-23-21(26)30-19-6-5-15(22)10-18(19)25-20(27)14-3-2-4-17(9-14)28-11-16-12-29-13-24-16/h2-10,12-13H,11H2,1H3,(H,25,27). The van der Waals surface area contributed by atoms with Gasteiger partial charge in [0, 0.05) is 35.3 Å². The van der Waals surface area contributed by atoms with E-state index >= 15 is 0 Å². The summed E-state index contributed by atoms with van der Waals surface area (Å²) >= 11 is 2.84. The number of nitrogens with one attached hydrogen (secondary N) is 1. The van der Waals surface area contributed by atoms with Crippen LogP contribution in [-0.4, -0.2) is 20.4 Å². The van der Waals surface area contributed by atoms with Crippen molar-refractivity contribution < 1.29 is 13.9 Å². The number of nitrogens with zero attached hydrogens (tertiary/aromatic N) is 3. The SMILES string of the molecule is Cn1ccnc1Sc1ccc(F)cc1NC(=O)c1cccc(OCc2cscn2)c1. The molecule has 0 unspecified atom stereocenters. The quantitative estimate of drug-likeness (QED) is 0.438. The van der Waals surface area contributed by atoms with E-state index in [0.717, 1.165) is 10.9 Å². The highest BCUT2D eigenvalue weighted by Crippen LogP contribution is 2.33. The molecule has 1 amide bonds. The predicted molar refractivity (Wildman–Crippen MR) is 115 cm³/mol. The van der Waals surface area contributed by atoms with Crippen molar-refractivity contribution in [3.8, 4) is 5.75 Å². The number of ether oxygens (including phenoxy) is 1. The molecule has 9 heteroatoms. The molecule has 0 fully saturated rings. The molecular weight excluding hydrogens is 423 g/mol. The van der Waals surface area contributed by atoms with Crippen LogP contribution in [0.3, 0.4) is 0 Å².